The molecule has 9 heteroatoms. The molecule has 0 aliphatic rings. The summed E-state index contributed by atoms with van der Waals surface area (Å²) >= 11 is 2.97. The lowest BCUT2D eigenvalue weighted by Gasteiger charge is -2.08. The summed E-state index contributed by atoms with van der Waals surface area (Å²) in [7, 11) is 0. The molecule has 0 unspecified atom stereocenters. The Bertz CT molecular complexity index is 1080. The van der Waals surface area contributed by atoms with Crippen molar-refractivity contribution in [2.24, 2.45) is 0 Å². The second-order valence-electron chi connectivity index (χ2n) is 5.71. The third-order valence-corrected chi connectivity index (χ3v) is 5.27. The van der Waals surface area contributed by atoms with E-state index in [9.17, 15) is 4.79 Å². The topological polar surface area (TPSA) is 85.6 Å². The molecule has 3 aromatic heterocycles. The van der Waals surface area contributed by atoms with Gasteiger partial charge in [0.05, 0.1) is 16.8 Å². The summed E-state index contributed by atoms with van der Waals surface area (Å²) in [5, 5.41) is 12.1. The molecule has 4 rings (SSSR count). The molecule has 0 radical (unpaired) electrons. The van der Waals surface area contributed by atoms with Gasteiger partial charge in [-0.1, -0.05) is 29.5 Å². The molecular formula is C18H16N6OS2. The Morgan fingerprint density at radius 2 is 2.04 bits per heavy atom. The number of amides is 1. The van der Waals surface area contributed by atoms with Gasteiger partial charge in [-0.15, -0.1) is 10.2 Å². The first-order chi connectivity index (χ1) is 13.2. The second kappa shape index (κ2) is 7.85. The van der Waals surface area contributed by atoms with E-state index in [-0.39, 0.29) is 12.5 Å². The van der Waals surface area contributed by atoms with E-state index in [1.807, 2.05) is 53.3 Å². The molecule has 0 saturated heterocycles. The molecule has 1 aromatic carbocycles. The molecule has 0 aliphatic carbocycles. The molecule has 27 heavy (non-hydrogen) atoms. The van der Waals surface area contributed by atoms with Gasteiger partial charge in [0.25, 0.3) is 0 Å². The number of carbonyl (C=O) groups is 1. The smallest absolute Gasteiger partial charge is 0.246 e. The molecule has 0 aliphatic heterocycles. The molecule has 1 N–H and O–H groups in total. The Hall–Kier alpha value is -2.78. The highest BCUT2D eigenvalue weighted by molar-refractivity contribution is 7.97. The van der Waals surface area contributed by atoms with Crippen molar-refractivity contribution < 1.29 is 4.79 Å². The van der Waals surface area contributed by atoms with Crippen LogP contribution in [0.1, 0.15) is 5.82 Å². The van der Waals surface area contributed by atoms with E-state index in [2.05, 4.69) is 25.5 Å². The van der Waals surface area contributed by atoms with Crippen LogP contribution < -0.4 is 5.32 Å². The van der Waals surface area contributed by atoms with E-state index in [0.717, 1.165) is 28.3 Å². The van der Waals surface area contributed by atoms with Crippen molar-refractivity contribution >= 4 is 45.2 Å². The Balaban J connectivity index is 1.53. The normalized spacial score (nSPS) is 11.0. The van der Waals surface area contributed by atoms with E-state index in [4.69, 9.17) is 0 Å². The van der Waals surface area contributed by atoms with E-state index in [1.54, 1.807) is 18.0 Å². The number of thioether (sulfide) groups is 1. The third kappa shape index (κ3) is 3.83. The summed E-state index contributed by atoms with van der Waals surface area (Å²) in [6.45, 7) is 0.176. The van der Waals surface area contributed by atoms with Crippen molar-refractivity contribution in [1.29, 1.82) is 0 Å². The van der Waals surface area contributed by atoms with Gasteiger partial charge in [-0.25, -0.2) is 4.98 Å². The number of aromatic nitrogens is 5. The SMILES string of the molecule is CSCc1nc2ccccc2n1CC(=O)Nc1nnc(-c2ccccn2)s1. The van der Waals surface area contributed by atoms with E-state index < -0.39 is 0 Å². The Morgan fingerprint density at radius 3 is 2.85 bits per heavy atom. The van der Waals surface area contributed by atoms with Crippen molar-refractivity contribution in [3.8, 4) is 10.7 Å². The van der Waals surface area contributed by atoms with Crippen LogP contribution in [0.25, 0.3) is 21.7 Å². The third-order valence-electron chi connectivity index (χ3n) is 3.86. The summed E-state index contributed by atoms with van der Waals surface area (Å²) in [6, 6.07) is 13.4. The maximum atomic E-state index is 12.6. The van der Waals surface area contributed by atoms with Crippen LogP contribution in [0.3, 0.4) is 0 Å². The lowest BCUT2D eigenvalue weighted by Crippen LogP contribution is -2.20. The van der Waals surface area contributed by atoms with Gasteiger partial charge in [0, 0.05) is 6.20 Å². The van der Waals surface area contributed by atoms with Crippen LogP contribution in [-0.2, 0) is 17.1 Å². The molecule has 7 nitrogen and oxygen atoms in total. The number of para-hydroxylation sites is 2. The zero-order chi connectivity index (χ0) is 18.6. The first-order valence-corrected chi connectivity index (χ1v) is 10.4. The van der Waals surface area contributed by atoms with Gasteiger partial charge in [-0.2, -0.15) is 11.8 Å². The van der Waals surface area contributed by atoms with Gasteiger partial charge in [-0.3, -0.25) is 15.1 Å². The number of hydrogen-bond donors (Lipinski definition) is 1. The Kier molecular flexibility index (Phi) is 5.12. The van der Waals surface area contributed by atoms with Crippen molar-refractivity contribution in [3.63, 3.8) is 0 Å². The number of anilines is 1. The minimum Gasteiger partial charge on any atom is -0.318 e. The summed E-state index contributed by atoms with van der Waals surface area (Å²) in [4.78, 5) is 21.5. The van der Waals surface area contributed by atoms with E-state index in [0.29, 0.717) is 10.1 Å². The molecule has 0 fully saturated rings. The summed E-state index contributed by atoms with van der Waals surface area (Å²) in [5.41, 5.74) is 2.57. The zero-order valence-electron chi connectivity index (χ0n) is 14.5. The second-order valence-corrected chi connectivity index (χ2v) is 7.55. The number of carbonyl (C=O) groups excluding carboxylic acids is 1. The molecule has 4 aromatic rings. The van der Waals surface area contributed by atoms with Crippen LogP contribution in [0, 0.1) is 0 Å². The van der Waals surface area contributed by atoms with E-state index >= 15 is 0 Å². The number of rotatable bonds is 6. The first-order valence-electron chi connectivity index (χ1n) is 8.22. The number of benzene rings is 1. The van der Waals surface area contributed by atoms with Gasteiger partial charge in [0.2, 0.25) is 11.0 Å². The number of hydrogen-bond acceptors (Lipinski definition) is 7. The monoisotopic (exact) mass is 396 g/mol. The number of nitrogens with zero attached hydrogens (tertiary/aromatic N) is 5. The number of nitrogens with one attached hydrogen (secondary N) is 1. The van der Waals surface area contributed by atoms with Crippen LogP contribution in [0.4, 0.5) is 5.13 Å². The molecule has 1 amide bonds. The maximum Gasteiger partial charge on any atom is 0.246 e. The fourth-order valence-corrected chi connectivity index (χ4v) is 3.93. The molecular weight excluding hydrogens is 380 g/mol. The van der Waals surface area contributed by atoms with Crippen LogP contribution in [0.5, 0.6) is 0 Å². The lowest BCUT2D eigenvalue weighted by molar-refractivity contribution is -0.116. The van der Waals surface area contributed by atoms with Crippen molar-refractivity contribution in [2.75, 3.05) is 11.6 Å². The van der Waals surface area contributed by atoms with Gasteiger partial charge in [0.15, 0.2) is 5.01 Å². The lowest BCUT2D eigenvalue weighted by atomic mass is 10.3. The van der Waals surface area contributed by atoms with Gasteiger partial charge < -0.3 is 4.57 Å². The fraction of sp³-hybridized carbons (Fsp3) is 0.167. The first kappa shape index (κ1) is 17.6. The molecule has 0 bridgehead atoms. The molecule has 136 valence electrons. The highest BCUT2D eigenvalue weighted by Gasteiger charge is 2.15. The molecule has 0 atom stereocenters. The zero-order valence-corrected chi connectivity index (χ0v) is 16.1. The Labute approximate surface area is 163 Å². The summed E-state index contributed by atoms with van der Waals surface area (Å²) in [6.07, 6.45) is 3.72. The van der Waals surface area contributed by atoms with Gasteiger partial charge in [0.1, 0.15) is 18.1 Å². The summed E-state index contributed by atoms with van der Waals surface area (Å²) in [5.74, 6) is 1.46. The Morgan fingerprint density at radius 1 is 1.19 bits per heavy atom. The fourth-order valence-electron chi connectivity index (χ4n) is 2.71. The quantitative estimate of drug-likeness (QED) is 0.537. The summed E-state index contributed by atoms with van der Waals surface area (Å²) < 4.78 is 1.95. The average Bonchev–Trinajstić information content (AvgIpc) is 3.28. The predicted molar refractivity (Wildman–Crippen MR) is 109 cm³/mol. The molecule has 3 heterocycles. The van der Waals surface area contributed by atoms with Gasteiger partial charge >= 0.3 is 0 Å². The highest BCUT2D eigenvalue weighted by atomic mass is 32.2. The maximum absolute atomic E-state index is 12.6. The van der Waals surface area contributed by atoms with E-state index in [1.165, 1.54) is 11.3 Å². The van der Waals surface area contributed by atoms with Gasteiger partial charge in [-0.05, 0) is 30.5 Å². The van der Waals surface area contributed by atoms with Crippen LogP contribution in [-0.4, -0.2) is 36.9 Å². The number of fused-ring (bicyclic) bond motifs is 1. The predicted octanol–water partition coefficient (Wildman–Crippen LogP) is 3.45. The largest absolute Gasteiger partial charge is 0.318 e. The molecule has 0 spiro atoms. The standard InChI is InChI=1S/C18H16N6OS2/c1-26-11-15-20-12-6-2-3-8-14(12)24(15)10-16(25)21-18-23-22-17(27-18)13-7-4-5-9-19-13/h2-9H,10-11H2,1H3,(H,21,23,25). The van der Waals surface area contributed by atoms with Crippen molar-refractivity contribution in [2.45, 2.75) is 12.3 Å². The average molecular weight is 397 g/mol. The van der Waals surface area contributed by atoms with Crippen LogP contribution >= 0.6 is 23.1 Å². The minimum absolute atomic E-state index is 0.163. The van der Waals surface area contributed by atoms with Crippen LogP contribution in [0.15, 0.2) is 48.7 Å². The van der Waals surface area contributed by atoms with Crippen LogP contribution in [0.2, 0.25) is 0 Å². The van der Waals surface area contributed by atoms with Crippen molar-refractivity contribution in [1.82, 2.24) is 24.7 Å². The molecule has 0 saturated carbocycles. The number of imidazole rings is 1. The van der Waals surface area contributed by atoms with Crippen molar-refractivity contribution in [3.05, 3.63) is 54.5 Å². The minimum atomic E-state index is -0.163. The number of pyridine rings is 1. The highest BCUT2D eigenvalue weighted by Crippen LogP contribution is 2.24.